The van der Waals surface area contributed by atoms with Gasteiger partial charge in [0.05, 0.1) is 11.9 Å². The fraction of sp³-hybridized carbons (Fsp3) is 0.500. The van der Waals surface area contributed by atoms with Crippen LogP contribution in [0, 0.1) is 12.8 Å². The molecule has 1 saturated carbocycles. The van der Waals surface area contributed by atoms with Crippen molar-refractivity contribution in [2.45, 2.75) is 58.7 Å². The SMILES string of the molecule is Cc1ccc2c(c1)-c1c(cnn1CC(=O)NC1CCCCC1C)CO2. The van der Waals surface area contributed by atoms with Gasteiger partial charge in [-0.1, -0.05) is 31.4 Å². The van der Waals surface area contributed by atoms with Crippen LogP contribution in [0.1, 0.15) is 43.7 Å². The smallest absolute Gasteiger partial charge is 0.241 e. The third-order valence-electron chi connectivity index (χ3n) is 5.44. The molecule has 1 fully saturated rings. The van der Waals surface area contributed by atoms with Crippen molar-refractivity contribution >= 4 is 5.91 Å². The molecule has 0 radical (unpaired) electrons. The zero-order valence-electron chi connectivity index (χ0n) is 14.9. The average Bonchev–Trinajstić information content (AvgIpc) is 3.00. The van der Waals surface area contributed by atoms with Crippen LogP contribution in [-0.4, -0.2) is 21.7 Å². The lowest BCUT2D eigenvalue weighted by Gasteiger charge is -2.29. The van der Waals surface area contributed by atoms with E-state index < -0.39 is 0 Å². The maximum atomic E-state index is 12.6. The highest BCUT2D eigenvalue weighted by Gasteiger charge is 2.26. The molecule has 2 aliphatic rings. The van der Waals surface area contributed by atoms with E-state index in [0.717, 1.165) is 29.0 Å². The monoisotopic (exact) mass is 339 g/mol. The van der Waals surface area contributed by atoms with Crippen molar-refractivity contribution in [3.63, 3.8) is 0 Å². The molecule has 5 nitrogen and oxygen atoms in total. The van der Waals surface area contributed by atoms with Crippen LogP contribution in [0.4, 0.5) is 0 Å². The van der Waals surface area contributed by atoms with Gasteiger partial charge in [0, 0.05) is 17.2 Å². The fourth-order valence-corrected chi connectivity index (χ4v) is 3.99. The molecular formula is C20H25N3O2. The summed E-state index contributed by atoms with van der Waals surface area (Å²) in [5.41, 5.74) is 4.25. The summed E-state index contributed by atoms with van der Waals surface area (Å²) < 4.78 is 7.62. The molecule has 2 heterocycles. The number of carbonyl (C=O) groups is 1. The number of amides is 1. The second-order valence-corrected chi connectivity index (χ2v) is 7.40. The number of aromatic nitrogens is 2. The van der Waals surface area contributed by atoms with Crippen LogP contribution in [0.15, 0.2) is 24.4 Å². The van der Waals surface area contributed by atoms with Crippen LogP contribution in [-0.2, 0) is 17.9 Å². The molecule has 2 unspecified atom stereocenters. The van der Waals surface area contributed by atoms with Crippen LogP contribution in [0.3, 0.4) is 0 Å². The third-order valence-corrected chi connectivity index (χ3v) is 5.44. The van der Waals surface area contributed by atoms with Gasteiger partial charge in [-0.2, -0.15) is 5.10 Å². The number of nitrogens with one attached hydrogen (secondary N) is 1. The van der Waals surface area contributed by atoms with Gasteiger partial charge in [0.1, 0.15) is 18.9 Å². The number of fused-ring (bicyclic) bond motifs is 3. The van der Waals surface area contributed by atoms with E-state index >= 15 is 0 Å². The molecule has 5 heteroatoms. The molecule has 0 bridgehead atoms. The van der Waals surface area contributed by atoms with E-state index in [-0.39, 0.29) is 12.5 Å². The van der Waals surface area contributed by atoms with E-state index in [4.69, 9.17) is 4.74 Å². The topological polar surface area (TPSA) is 56.2 Å². The lowest BCUT2D eigenvalue weighted by atomic mass is 9.86. The van der Waals surface area contributed by atoms with Crippen molar-refractivity contribution in [3.05, 3.63) is 35.5 Å². The summed E-state index contributed by atoms with van der Waals surface area (Å²) >= 11 is 0. The largest absolute Gasteiger partial charge is 0.488 e. The summed E-state index contributed by atoms with van der Waals surface area (Å²) in [6.45, 7) is 5.06. The molecule has 1 N–H and O–H groups in total. The molecule has 0 saturated heterocycles. The van der Waals surface area contributed by atoms with Gasteiger partial charge in [-0.05, 0) is 37.8 Å². The normalized spacial score (nSPS) is 21.8. The number of hydrogen-bond acceptors (Lipinski definition) is 3. The number of nitrogens with zero attached hydrogens (tertiary/aromatic N) is 2. The quantitative estimate of drug-likeness (QED) is 0.932. The van der Waals surface area contributed by atoms with Gasteiger partial charge in [-0.25, -0.2) is 0 Å². The Kier molecular flexibility index (Phi) is 4.24. The summed E-state index contributed by atoms with van der Waals surface area (Å²) in [5.74, 6) is 1.47. The molecule has 1 aromatic heterocycles. The molecule has 25 heavy (non-hydrogen) atoms. The lowest BCUT2D eigenvalue weighted by Crippen LogP contribution is -2.42. The zero-order valence-corrected chi connectivity index (χ0v) is 14.9. The van der Waals surface area contributed by atoms with Crippen LogP contribution in [0.25, 0.3) is 11.3 Å². The Balaban J connectivity index is 1.55. The van der Waals surface area contributed by atoms with Crippen LogP contribution >= 0.6 is 0 Å². The highest BCUT2D eigenvalue weighted by molar-refractivity contribution is 5.78. The van der Waals surface area contributed by atoms with Gasteiger partial charge >= 0.3 is 0 Å². The Morgan fingerprint density at radius 2 is 2.20 bits per heavy atom. The van der Waals surface area contributed by atoms with Crippen molar-refractivity contribution in [1.29, 1.82) is 0 Å². The number of ether oxygens (including phenoxy) is 1. The van der Waals surface area contributed by atoms with E-state index in [9.17, 15) is 4.79 Å². The summed E-state index contributed by atoms with van der Waals surface area (Å²) in [6.07, 6.45) is 6.58. The maximum Gasteiger partial charge on any atom is 0.241 e. The number of rotatable bonds is 3. The van der Waals surface area contributed by atoms with Crippen LogP contribution < -0.4 is 10.1 Å². The van der Waals surface area contributed by atoms with Crippen molar-refractivity contribution in [3.8, 4) is 17.0 Å². The predicted octanol–water partition coefficient (Wildman–Crippen LogP) is 3.45. The first-order valence-corrected chi connectivity index (χ1v) is 9.19. The summed E-state index contributed by atoms with van der Waals surface area (Å²) in [6, 6.07) is 6.44. The van der Waals surface area contributed by atoms with Gasteiger partial charge in [-0.3, -0.25) is 9.48 Å². The van der Waals surface area contributed by atoms with E-state index in [0.29, 0.717) is 18.6 Å². The van der Waals surface area contributed by atoms with Crippen molar-refractivity contribution < 1.29 is 9.53 Å². The molecule has 1 aromatic carbocycles. The minimum Gasteiger partial charge on any atom is -0.488 e. The Labute approximate surface area is 148 Å². The number of benzene rings is 1. The van der Waals surface area contributed by atoms with Crippen molar-refractivity contribution in [1.82, 2.24) is 15.1 Å². The van der Waals surface area contributed by atoms with Gasteiger partial charge < -0.3 is 10.1 Å². The molecule has 2 aromatic rings. The Morgan fingerprint density at radius 1 is 1.36 bits per heavy atom. The molecule has 2 atom stereocenters. The molecule has 4 rings (SSSR count). The minimum atomic E-state index is 0.0466. The van der Waals surface area contributed by atoms with E-state index in [1.54, 1.807) is 0 Å². The molecule has 1 amide bonds. The number of aryl methyl sites for hydroxylation is 1. The van der Waals surface area contributed by atoms with Gasteiger partial charge in [-0.15, -0.1) is 0 Å². The minimum absolute atomic E-state index is 0.0466. The lowest BCUT2D eigenvalue weighted by molar-refractivity contribution is -0.123. The number of carbonyl (C=O) groups excluding carboxylic acids is 1. The summed E-state index contributed by atoms with van der Waals surface area (Å²) in [5, 5.41) is 7.67. The first-order valence-electron chi connectivity index (χ1n) is 9.19. The maximum absolute atomic E-state index is 12.6. The van der Waals surface area contributed by atoms with E-state index in [1.807, 2.05) is 23.0 Å². The average molecular weight is 339 g/mol. The summed E-state index contributed by atoms with van der Waals surface area (Å²) in [4.78, 5) is 12.6. The van der Waals surface area contributed by atoms with Crippen LogP contribution in [0.5, 0.6) is 5.75 Å². The van der Waals surface area contributed by atoms with Gasteiger partial charge in [0.2, 0.25) is 5.91 Å². The summed E-state index contributed by atoms with van der Waals surface area (Å²) in [7, 11) is 0. The molecule has 1 aliphatic heterocycles. The zero-order chi connectivity index (χ0) is 17.4. The number of hydrogen-bond donors (Lipinski definition) is 1. The molecule has 132 valence electrons. The molecule has 0 spiro atoms. The predicted molar refractivity (Wildman–Crippen MR) is 96.3 cm³/mol. The standard InChI is InChI=1S/C20H25N3O2/c1-13-7-8-18-16(9-13)20-15(12-25-18)10-21-23(20)11-19(24)22-17-6-4-3-5-14(17)2/h7-10,14,17H,3-6,11-12H2,1-2H3,(H,22,24). The van der Waals surface area contributed by atoms with Crippen molar-refractivity contribution in [2.24, 2.45) is 5.92 Å². The highest BCUT2D eigenvalue weighted by atomic mass is 16.5. The van der Waals surface area contributed by atoms with Crippen molar-refractivity contribution in [2.75, 3.05) is 0 Å². The van der Waals surface area contributed by atoms with E-state index in [1.165, 1.54) is 24.8 Å². The second-order valence-electron chi connectivity index (χ2n) is 7.40. The first kappa shape index (κ1) is 16.2. The van der Waals surface area contributed by atoms with Gasteiger partial charge in [0.15, 0.2) is 0 Å². The first-order chi connectivity index (χ1) is 12.1. The second kappa shape index (κ2) is 6.54. The molecular weight excluding hydrogens is 314 g/mol. The highest BCUT2D eigenvalue weighted by Crippen LogP contribution is 2.37. The Hall–Kier alpha value is -2.30. The Morgan fingerprint density at radius 3 is 3.04 bits per heavy atom. The third kappa shape index (κ3) is 3.15. The van der Waals surface area contributed by atoms with Crippen LogP contribution in [0.2, 0.25) is 0 Å². The van der Waals surface area contributed by atoms with Gasteiger partial charge in [0.25, 0.3) is 0 Å². The van der Waals surface area contributed by atoms with E-state index in [2.05, 4.69) is 30.3 Å². The fourth-order valence-electron chi connectivity index (χ4n) is 3.99. The molecule has 1 aliphatic carbocycles. The Bertz CT molecular complexity index is 796.